The molecule has 1 aliphatic rings. The molecular weight excluding hydrogens is 264 g/mol. The second-order valence-electron chi connectivity index (χ2n) is 5.55. The van der Waals surface area contributed by atoms with E-state index >= 15 is 0 Å². The monoisotopic (exact) mass is 288 g/mol. The molecule has 21 heavy (non-hydrogen) atoms. The van der Waals surface area contributed by atoms with Crippen LogP contribution in [-0.4, -0.2) is 53.3 Å². The van der Waals surface area contributed by atoms with Gasteiger partial charge in [0.1, 0.15) is 5.82 Å². The van der Waals surface area contributed by atoms with Crippen molar-refractivity contribution in [1.29, 1.82) is 0 Å². The Hall–Kier alpha value is -1.43. The van der Waals surface area contributed by atoms with Crippen molar-refractivity contribution in [3.05, 3.63) is 30.1 Å². The molecule has 1 aromatic heterocycles. The molecule has 114 valence electrons. The molecule has 1 saturated heterocycles. The van der Waals surface area contributed by atoms with Crippen LogP contribution in [0.2, 0.25) is 0 Å². The number of benzene rings is 1. The first-order valence-electron chi connectivity index (χ1n) is 7.80. The number of para-hydroxylation sites is 2. The molecule has 0 aliphatic carbocycles. The fourth-order valence-corrected chi connectivity index (χ4v) is 3.03. The molecule has 5 heteroatoms. The highest BCUT2D eigenvalue weighted by molar-refractivity contribution is 5.75. The number of imidazole rings is 1. The van der Waals surface area contributed by atoms with Crippen LogP contribution in [0, 0.1) is 0 Å². The van der Waals surface area contributed by atoms with Crippen LogP contribution in [-0.2, 0) is 17.7 Å². The average Bonchev–Trinajstić information content (AvgIpc) is 2.86. The second-order valence-corrected chi connectivity index (χ2v) is 5.55. The number of hydrogen-bond donors (Lipinski definition) is 1. The van der Waals surface area contributed by atoms with E-state index in [4.69, 9.17) is 15.5 Å². The number of rotatable bonds is 5. The molecule has 1 fully saturated rings. The van der Waals surface area contributed by atoms with Crippen LogP contribution in [0.4, 0.5) is 0 Å². The van der Waals surface area contributed by atoms with E-state index in [1.807, 2.05) is 6.07 Å². The number of hydrogen-bond acceptors (Lipinski definition) is 4. The van der Waals surface area contributed by atoms with Crippen LogP contribution in [0.3, 0.4) is 0 Å². The summed E-state index contributed by atoms with van der Waals surface area (Å²) in [7, 11) is 0. The minimum absolute atomic E-state index is 0.229. The van der Waals surface area contributed by atoms with Crippen LogP contribution < -0.4 is 5.73 Å². The Morgan fingerprint density at radius 2 is 2.24 bits per heavy atom. The molecule has 5 nitrogen and oxygen atoms in total. The van der Waals surface area contributed by atoms with E-state index in [0.717, 1.165) is 50.5 Å². The van der Waals surface area contributed by atoms with Crippen LogP contribution in [0.5, 0.6) is 0 Å². The van der Waals surface area contributed by atoms with Crippen LogP contribution in [0.1, 0.15) is 12.7 Å². The van der Waals surface area contributed by atoms with E-state index in [0.29, 0.717) is 6.54 Å². The Morgan fingerprint density at radius 1 is 1.38 bits per heavy atom. The SMILES string of the molecule is CCN1CCOC(Cn2c(CCN)nc3ccccc32)C1. The predicted molar refractivity (Wildman–Crippen MR) is 84.3 cm³/mol. The lowest BCUT2D eigenvalue weighted by atomic mass is 10.2. The van der Waals surface area contributed by atoms with Crippen LogP contribution in [0.25, 0.3) is 11.0 Å². The quantitative estimate of drug-likeness (QED) is 0.900. The van der Waals surface area contributed by atoms with Gasteiger partial charge >= 0.3 is 0 Å². The van der Waals surface area contributed by atoms with Crippen LogP contribution in [0.15, 0.2) is 24.3 Å². The van der Waals surface area contributed by atoms with Gasteiger partial charge in [0, 0.05) is 19.5 Å². The van der Waals surface area contributed by atoms with Crippen molar-refractivity contribution in [3.8, 4) is 0 Å². The van der Waals surface area contributed by atoms with E-state index in [2.05, 4.69) is 34.6 Å². The smallest absolute Gasteiger partial charge is 0.111 e. The molecule has 2 N–H and O–H groups in total. The van der Waals surface area contributed by atoms with Gasteiger partial charge in [-0.1, -0.05) is 19.1 Å². The van der Waals surface area contributed by atoms with Crippen molar-refractivity contribution in [2.75, 3.05) is 32.8 Å². The number of nitrogens with two attached hydrogens (primary N) is 1. The van der Waals surface area contributed by atoms with Crippen molar-refractivity contribution in [3.63, 3.8) is 0 Å². The third-order valence-electron chi connectivity index (χ3n) is 4.16. The van der Waals surface area contributed by atoms with Gasteiger partial charge in [-0.15, -0.1) is 0 Å². The average molecular weight is 288 g/mol. The van der Waals surface area contributed by atoms with E-state index in [9.17, 15) is 0 Å². The van der Waals surface area contributed by atoms with Gasteiger partial charge < -0.3 is 15.0 Å². The normalized spacial score (nSPS) is 20.2. The van der Waals surface area contributed by atoms with Gasteiger partial charge in [-0.25, -0.2) is 4.98 Å². The van der Waals surface area contributed by atoms with E-state index < -0.39 is 0 Å². The Bertz CT molecular complexity index is 595. The van der Waals surface area contributed by atoms with Gasteiger partial charge in [0.15, 0.2) is 0 Å². The number of nitrogens with zero attached hydrogens (tertiary/aromatic N) is 3. The number of likely N-dealkylation sites (N-methyl/N-ethyl adjacent to an activating group) is 1. The summed E-state index contributed by atoms with van der Waals surface area (Å²) < 4.78 is 8.23. The molecule has 2 heterocycles. The predicted octanol–water partition coefficient (Wildman–Crippen LogP) is 1.26. The fourth-order valence-electron chi connectivity index (χ4n) is 3.03. The standard InChI is InChI=1S/C16H24N4O/c1-2-19-9-10-21-13(11-19)12-20-15-6-4-3-5-14(15)18-16(20)7-8-17/h3-6,13H,2,7-12,17H2,1H3. The first-order chi connectivity index (χ1) is 10.3. The lowest BCUT2D eigenvalue weighted by Gasteiger charge is -2.32. The molecule has 1 unspecified atom stereocenters. The number of fused-ring (bicyclic) bond motifs is 1. The molecule has 0 amide bonds. The van der Waals surface area contributed by atoms with Crippen molar-refractivity contribution < 1.29 is 4.74 Å². The minimum atomic E-state index is 0.229. The lowest BCUT2D eigenvalue weighted by Crippen LogP contribution is -2.44. The summed E-state index contributed by atoms with van der Waals surface area (Å²) in [6, 6.07) is 8.28. The zero-order chi connectivity index (χ0) is 14.7. The van der Waals surface area contributed by atoms with Gasteiger partial charge in [0.05, 0.1) is 30.3 Å². The van der Waals surface area contributed by atoms with Crippen molar-refractivity contribution in [2.45, 2.75) is 26.0 Å². The molecule has 0 spiro atoms. The number of ether oxygens (including phenoxy) is 1. The summed E-state index contributed by atoms with van der Waals surface area (Å²) in [6.07, 6.45) is 1.03. The summed E-state index contributed by atoms with van der Waals surface area (Å²) in [6.45, 7) is 7.60. The second kappa shape index (κ2) is 6.56. The minimum Gasteiger partial charge on any atom is -0.374 e. The lowest BCUT2D eigenvalue weighted by molar-refractivity contribution is -0.0341. The summed E-state index contributed by atoms with van der Waals surface area (Å²) in [5.74, 6) is 1.07. The third-order valence-corrected chi connectivity index (χ3v) is 4.16. The molecule has 1 atom stereocenters. The summed E-state index contributed by atoms with van der Waals surface area (Å²) in [4.78, 5) is 7.16. The molecule has 2 aromatic rings. The molecule has 3 rings (SSSR count). The maximum Gasteiger partial charge on any atom is 0.111 e. The summed E-state index contributed by atoms with van der Waals surface area (Å²) >= 11 is 0. The van der Waals surface area contributed by atoms with Crippen molar-refractivity contribution in [2.24, 2.45) is 5.73 Å². The topological polar surface area (TPSA) is 56.3 Å². The molecule has 0 radical (unpaired) electrons. The highest BCUT2D eigenvalue weighted by Crippen LogP contribution is 2.18. The van der Waals surface area contributed by atoms with E-state index in [-0.39, 0.29) is 6.10 Å². The maximum atomic E-state index is 5.94. The van der Waals surface area contributed by atoms with Crippen molar-refractivity contribution in [1.82, 2.24) is 14.5 Å². The van der Waals surface area contributed by atoms with Crippen LogP contribution >= 0.6 is 0 Å². The summed E-state index contributed by atoms with van der Waals surface area (Å²) in [5.41, 5.74) is 7.96. The van der Waals surface area contributed by atoms with E-state index in [1.54, 1.807) is 0 Å². The first kappa shape index (κ1) is 14.5. The van der Waals surface area contributed by atoms with Gasteiger partial charge in [-0.3, -0.25) is 4.90 Å². The molecule has 0 bridgehead atoms. The maximum absolute atomic E-state index is 5.94. The van der Waals surface area contributed by atoms with E-state index in [1.165, 1.54) is 5.52 Å². The number of aromatic nitrogens is 2. The van der Waals surface area contributed by atoms with Gasteiger partial charge in [0.25, 0.3) is 0 Å². The zero-order valence-corrected chi connectivity index (χ0v) is 12.7. The van der Waals surface area contributed by atoms with Gasteiger partial charge in [-0.2, -0.15) is 0 Å². The summed E-state index contributed by atoms with van der Waals surface area (Å²) in [5, 5.41) is 0. The van der Waals surface area contributed by atoms with Gasteiger partial charge in [0.2, 0.25) is 0 Å². The highest BCUT2D eigenvalue weighted by Gasteiger charge is 2.21. The Balaban J connectivity index is 1.86. The Morgan fingerprint density at radius 3 is 3.05 bits per heavy atom. The molecule has 1 aromatic carbocycles. The molecule has 1 aliphatic heterocycles. The first-order valence-corrected chi connectivity index (χ1v) is 7.80. The zero-order valence-electron chi connectivity index (χ0n) is 12.7. The highest BCUT2D eigenvalue weighted by atomic mass is 16.5. The third kappa shape index (κ3) is 3.10. The van der Waals surface area contributed by atoms with Gasteiger partial charge in [-0.05, 0) is 25.2 Å². The van der Waals surface area contributed by atoms with Crippen molar-refractivity contribution >= 4 is 11.0 Å². The molecular formula is C16H24N4O. The fraction of sp³-hybridized carbons (Fsp3) is 0.562. The Kier molecular flexibility index (Phi) is 4.53. The largest absolute Gasteiger partial charge is 0.374 e. The molecule has 0 saturated carbocycles. The number of morpholine rings is 1. The Labute approximate surface area is 125 Å².